The molecule has 0 aliphatic rings. The highest BCUT2D eigenvalue weighted by molar-refractivity contribution is 6.56. The van der Waals surface area contributed by atoms with E-state index >= 15 is 0 Å². The lowest BCUT2D eigenvalue weighted by molar-refractivity contribution is 0.229. The van der Waals surface area contributed by atoms with E-state index in [1.54, 1.807) is 0 Å². The van der Waals surface area contributed by atoms with Crippen LogP contribution in [-0.2, 0) is 0 Å². The van der Waals surface area contributed by atoms with Gasteiger partial charge in [-0.25, -0.2) is 0 Å². The summed E-state index contributed by atoms with van der Waals surface area (Å²) in [6.07, 6.45) is 0. The quantitative estimate of drug-likeness (QED) is 0.323. The molecule has 0 spiro atoms. The summed E-state index contributed by atoms with van der Waals surface area (Å²) in [5.74, 6) is 0. The van der Waals surface area contributed by atoms with Crippen LogP contribution in [0.15, 0.2) is 0 Å². The van der Waals surface area contributed by atoms with E-state index in [4.69, 9.17) is 16.8 Å². The predicted octanol–water partition coefficient (Wildman–Crippen LogP) is -2.14. The van der Waals surface area contributed by atoms with Gasteiger partial charge < -0.3 is 20.1 Å². The summed E-state index contributed by atoms with van der Waals surface area (Å²) in [6.45, 7) is 0.137. The lowest BCUT2D eigenvalue weighted by atomic mass is 10.8. The summed E-state index contributed by atoms with van der Waals surface area (Å²) in [4.78, 5) is 20.7. The van der Waals surface area contributed by atoms with Gasteiger partial charge in [-0.15, -0.1) is 0 Å². The normalized spacial score (nSPS) is 13.9. The molecule has 5 heteroatoms. The SMILES string of the molecule is [2H]O[Si](O)(O)CCN. The van der Waals surface area contributed by atoms with Crippen LogP contribution < -0.4 is 5.73 Å². The molecule has 0 amide bonds. The molecule has 5 N–H and O–H groups in total. The minimum atomic E-state index is -3.64. The molecule has 0 aliphatic carbocycles. The highest BCUT2D eigenvalue weighted by Gasteiger charge is 2.24. The Bertz CT molecular complexity index is 70.3. The largest absolute Gasteiger partial charge is 0.494 e. The molecule has 0 aromatic heterocycles. The molecule has 0 rings (SSSR count). The second-order valence-electron chi connectivity index (χ2n) is 1.28. The summed E-state index contributed by atoms with van der Waals surface area (Å²) in [6, 6.07) is -0.0174. The molecule has 0 atom stereocenters. The molecule has 0 aromatic carbocycles. The molecular weight excluding hydrogens is 114 g/mol. The first kappa shape index (κ1) is 5.20. The van der Waals surface area contributed by atoms with Crippen molar-refractivity contribution in [2.24, 2.45) is 5.73 Å². The zero-order chi connectivity index (χ0) is 6.62. The molecule has 0 heterocycles. The summed E-state index contributed by atoms with van der Waals surface area (Å²) < 4.78 is 6.11. The number of hydrogen-bond acceptors (Lipinski definition) is 4. The van der Waals surface area contributed by atoms with Crippen LogP contribution in [0.4, 0.5) is 0 Å². The third kappa shape index (κ3) is 6.06. The topological polar surface area (TPSA) is 86.7 Å². The number of rotatable bonds is 3. The van der Waals surface area contributed by atoms with Gasteiger partial charge in [0.1, 0.15) is 0 Å². The Labute approximate surface area is 44.1 Å². The van der Waals surface area contributed by atoms with Gasteiger partial charge in [-0.2, -0.15) is 0 Å². The van der Waals surface area contributed by atoms with Gasteiger partial charge in [0.05, 0.1) is 0 Å². The molecule has 0 radical (unpaired) electrons. The van der Waals surface area contributed by atoms with E-state index < -0.39 is 8.80 Å². The summed E-state index contributed by atoms with van der Waals surface area (Å²) in [5, 5.41) is 0. The van der Waals surface area contributed by atoms with Crippen molar-refractivity contribution in [1.29, 1.82) is 1.43 Å². The third-order valence-electron chi connectivity index (χ3n) is 0.470. The van der Waals surface area contributed by atoms with Gasteiger partial charge in [0, 0.05) is 6.04 Å². The first-order valence-electron chi connectivity index (χ1n) is 2.32. The van der Waals surface area contributed by atoms with Gasteiger partial charge in [0.15, 0.2) is 1.43 Å². The molecule has 0 fully saturated rings. The maximum absolute atomic E-state index is 8.53. The van der Waals surface area contributed by atoms with Crippen molar-refractivity contribution in [2.75, 3.05) is 6.54 Å². The van der Waals surface area contributed by atoms with Gasteiger partial charge >= 0.3 is 8.80 Å². The van der Waals surface area contributed by atoms with E-state index in [1.807, 2.05) is 0 Å². The van der Waals surface area contributed by atoms with E-state index in [9.17, 15) is 0 Å². The fourth-order valence-corrected chi connectivity index (χ4v) is 0.564. The Morgan fingerprint density at radius 2 is 2.29 bits per heavy atom. The monoisotopic (exact) mass is 124 g/mol. The Morgan fingerprint density at radius 3 is 2.43 bits per heavy atom. The van der Waals surface area contributed by atoms with Crippen molar-refractivity contribution < 1.29 is 14.4 Å². The summed E-state index contributed by atoms with van der Waals surface area (Å²) >= 11 is 0. The van der Waals surface area contributed by atoms with E-state index in [1.165, 1.54) is 0 Å². The molecule has 0 aromatic rings. The Kier molecular flexibility index (Phi) is 1.77. The second kappa shape index (κ2) is 2.39. The molecular formula is C2H9NO3Si. The Morgan fingerprint density at radius 1 is 1.71 bits per heavy atom. The van der Waals surface area contributed by atoms with Crippen molar-refractivity contribution in [3.05, 3.63) is 0 Å². The highest BCUT2D eigenvalue weighted by Crippen LogP contribution is 1.90. The molecule has 0 saturated carbocycles. The van der Waals surface area contributed by atoms with Crippen molar-refractivity contribution in [1.82, 2.24) is 0 Å². The maximum atomic E-state index is 8.53. The maximum Gasteiger partial charge on any atom is 0.494 e. The van der Waals surface area contributed by atoms with Gasteiger partial charge in [-0.3, -0.25) is 0 Å². The minimum Gasteiger partial charge on any atom is -0.390 e. The zero-order valence-corrected chi connectivity index (χ0v) is 4.79. The summed E-state index contributed by atoms with van der Waals surface area (Å²) in [7, 11) is -3.64. The molecule has 7 heavy (non-hydrogen) atoms. The predicted molar refractivity (Wildman–Crippen MR) is 26.3 cm³/mol. The van der Waals surface area contributed by atoms with Crippen molar-refractivity contribution in [2.45, 2.75) is 6.04 Å². The Hall–Kier alpha value is 0.0569. The molecule has 4 nitrogen and oxygen atoms in total. The highest BCUT2D eigenvalue weighted by atomic mass is 28.4. The Balaban J connectivity index is 3.37. The van der Waals surface area contributed by atoms with Crippen LogP contribution in [0.3, 0.4) is 0 Å². The van der Waals surface area contributed by atoms with Gasteiger partial charge in [0.25, 0.3) is 0 Å². The van der Waals surface area contributed by atoms with Gasteiger partial charge in [-0.05, 0) is 6.54 Å². The molecule has 44 valence electrons. The number of nitrogens with two attached hydrogens (primary N) is 1. The molecule has 0 aliphatic heterocycles. The standard InChI is InChI=1S/C2H9NO3Si/c3-1-2-7(4,5)6/h4-6H,1-3H2/i4D. The first-order valence-corrected chi connectivity index (χ1v) is 3.92. The van der Waals surface area contributed by atoms with Crippen LogP contribution in [0.1, 0.15) is 0 Å². The van der Waals surface area contributed by atoms with Crippen molar-refractivity contribution >= 4 is 8.80 Å². The van der Waals surface area contributed by atoms with Gasteiger partial charge in [-0.1, -0.05) is 0 Å². The van der Waals surface area contributed by atoms with E-state index in [-0.39, 0.29) is 12.6 Å². The van der Waals surface area contributed by atoms with E-state index in [0.29, 0.717) is 0 Å². The zero-order valence-electron chi connectivity index (χ0n) is 4.79. The minimum absolute atomic E-state index is 0.0174. The van der Waals surface area contributed by atoms with Crippen LogP contribution in [0, 0.1) is 0 Å². The first-order chi connectivity index (χ1) is 3.62. The smallest absolute Gasteiger partial charge is 0.390 e. The van der Waals surface area contributed by atoms with Gasteiger partial charge in [0.2, 0.25) is 0 Å². The fourth-order valence-electron chi connectivity index (χ4n) is 0.188. The molecule has 0 unspecified atom stereocenters. The average Bonchev–Trinajstić information content (AvgIpc) is 1.67. The second-order valence-corrected chi connectivity index (χ2v) is 3.27. The molecule has 0 bridgehead atoms. The van der Waals surface area contributed by atoms with Crippen LogP contribution in [0.2, 0.25) is 6.04 Å². The van der Waals surface area contributed by atoms with Crippen LogP contribution >= 0.6 is 0 Å². The van der Waals surface area contributed by atoms with Crippen LogP contribution in [0.25, 0.3) is 0 Å². The lowest BCUT2D eigenvalue weighted by Gasteiger charge is -2.04. The van der Waals surface area contributed by atoms with Crippen LogP contribution in [-0.4, -0.2) is 31.2 Å². The van der Waals surface area contributed by atoms with E-state index in [2.05, 4.69) is 4.80 Å². The van der Waals surface area contributed by atoms with Crippen molar-refractivity contribution in [3.63, 3.8) is 0 Å². The van der Waals surface area contributed by atoms with E-state index in [0.717, 1.165) is 0 Å². The fraction of sp³-hybridized carbons (Fsp3) is 1.00. The lowest BCUT2D eigenvalue weighted by Crippen LogP contribution is -2.36. The third-order valence-corrected chi connectivity index (χ3v) is 1.41. The number of hydrogen-bond donors (Lipinski definition) is 4. The van der Waals surface area contributed by atoms with Crippen molar-refractivity contribution in [3.8, 4) is 0 Å². The average molecular weight is 124 g/mol. The summed E-state index contributed by atoms with van der Waals surface area (Å²) in [5.41, 5.74) is 4.94. The van der Waals surface area contributed by atoms with Crippen LogP contribution in [0.5, 0.6) is 0 Å². The molecule has 0 saturated heterocycles.